The molecule has 0 unspecified atom stereocenters. The van der Waals surface area contributed by atoms with Crippen LogP contribution in [0.1, 0.15) is 27.9 Å². The molecule has 0 aromatic heterocycles. The molecule has 1 aromatic carbocycles. The fourth-order valence-corrected chi connectivity index (χ4v) is 1.50. The molecule has 0 radical (unpaired) electrons. The van der Waals surface area contributed by atoms with E-state index >= 15 is 0 Å². The maximum absolute atomic E-state index is 11.4. The number of aryl methyl sites for hydroxylation is 1. The van der Waals surface area contributed by atoms with Gasteiger partial charge in [-0.25, -0.2) is 4.79 Å². The molecule has 0 spiro atoms. The molecular formula is C12H14O3. The van der Waals surface area contributed by atoms with Gasteiger partial charge in [-0.2, -0.15) is 0 Å². The Morgan fingerprint density at radius 2 is 2.20 bits per heavy atom. The Balaban J connectivity index is 2.99. The second-order valence-electron chi connectivity index (χ2n) is 3.29. The van der Waals surface area contributed by atoms with Crippen molar-refractivity contribution < 1.29 is 14.3 Å². The molecule has 1 rings (SSSR count). The van der Waals surface area contributed by atoms with Crippen molar-refractivity contribution in [2.75, 3.05) is 7.11 Å². The lowest BCUT2D eigenvalue weighted by Gasteiger charge is -2.08. The van der Waals surface area contributed by atoms with Gasteiger partial charge in [0.1, 0.15) is 6.29 Å². The Morgan fingerprint density at radius 1 is 1.47 bits per heavy atom. The number of hydrogen-bond donors (Lipinski definition) is 0. The van der Waals surface area contributed by atoms with Crippen molar-refractivity contribution in [3.05, 3.63) is 34.9 Å². The molecule has 0 amide bonds. The largest absolute Gasteiger partial charge is 0.465 e. The molecule has 0 atom stereocenters. The van der Waals surface area contributed by atoms with Crippen LogP contribution in [0.15, 0.2) is 18.2 Å². The van der Waals surface area contributed by atoms with E-state index in [-0.39, 0.29) is 5.97 Å². The van der Waals surface area contributed by atoms with E-state index in [2.05, 4.69) is 4.74 Å². The van der Waals surface area contributed by atoms with Gasteiger partial charge in [0, 0.05) is 6.42 Å². The van der Waals surface area contributed by atoms with Crippen LogP contribution in [0.5, 0.6) is 0 Å². The predicted molar refractivity (Wildman–Crippen MR) is 56.9 cm³/mol. The van der Waals surface area contributed by atoms with Crippen LogP contribution in [-0.4, -0.2) is 19.4 Å². The fourth-order valence-electron chi connectivity index (χ4n) is 1.50. The zero-order chi connectivity index (χ0) is 11.3. The fraction of sp³-hybridized carbons (Fsp3) is 0.333. The second-order valence-corrected chi connectivity index (χ2v) is 3.29. The zero-order valence-corrected chi connectivity index (χ0v) is 8.95. The summed E-state index contributed by atoms with van der Waals surface area (Å²) in [6, 6.07) is 5.45. The first-order chi connectivity index (χ1) is 7.20. The van der Waals surface area contributed by atoms with Gasteiger partial charge < -0.3 is 9.53 Å². The maximum atomic E-state index is 11.4. The summed E-state index contributed by atoms with van der Waals surface area (Å²) in [6.45, 7) is 1.87. The first kappa shape index (κ1) is 11.4. The van der Waals surface area contributed by atoms with E-state index in [9.17, 15) is 9.59 Å². The summed E-state index contributed by atoms with van der Waals surface area (Å²) in [5, 5.41) is 0. The van der Waals surface area contributed by atoms with Gasteiger partial charge in [0.25, 0.3) is 0 Å². The van der Waals surface area contributed by atoms with E-state index in [4.69, 9.17) is 0 Å². The second kappa shape index (κ2) is 5.29. The summed E-state index contributed by atoms with van der Waals surface area (Å²) in [5.74, 6) is -0.333. The van der Waals surface area contributed by atoms with Crippen molar-refractivity contribution in [1.82, 2.24) is 0 Å². The number of hydrogen-bond acceptors (Lipinski definition) is 3. The third-order valence-corrected chi connectivity index (χ3v) is 2.38. The number of aldehydes is 1. The van der Waals surface area contributed by atoms with E-state index < -0.39 is 0 Å². The van der Waals surface area contributed by atoms with Crippen LogP contribution in [0.2, 0.25) is 0 Å². The molecule has 0 saturated heterocycles. The summed E-state index contributed by atoms with van der Waals surface area (Å²) in [6.07, 6.45) is 2.02. The molecule has 1 aromatic rings. The molecule has 0 fully saturated rings. The van der Waals surface area contributed by atoms with Crippen molar-refractivity contribution in [1.29, 1.82) is 0 Å². The van der Waals surface area contributed by atoms with E-state index in [1.54, 1.807) is 12.1 Å². The van der Waals surface area contributed by atoms with E-state index in [0.29, 0.717) is 18.4 Å². The van der Waals surface area contributed by atoms with E-state index in [1.807, 2.05) is 13.0 Å². The number of carbonyl (C=O) groups is 2. The number of methoxy groups -OCH3 is 1. The summed E-state index contributed by atoms with van der Waals surface area (Å²) in [4.78, 5) is 21.6. The van der Waals surface area contributed by atoms with E-state index in [0.717, 1.165) is 17.4 Å². The lowest BCUT2D eigenvalue weighted by Crippen LogP contribution is -2.05. The van der Waals surface area contributed by atoms with Crippen LogP contribution in [0.4, 0.5) is 0 Å². The van der Waals surface area contributed by atoms with Gasteiger partial charge in [-0.3, -0.25) is 0 Å². The summed E-state index contributed by atoms with van der Waals surface area (Å²) in [7, 11) is 1.36. The third-order valence-electron chi connectivity index (χ3n) is 2.38. The first-order valence-corrected chi connectivity index (χ1v) is 4.81. The minimum atomic E-state index is -0.333. The Kier molecular flexibility index (Phi) is 4.03. The molecule has 0 aliphatic carbocycles. The Bertz CT molecular complexity index is 369. The molecule has 0 aliphatic heterocycles. The molecular weight excluding hydrogens is 192 g/mol. The zero-order valence-electron chi connectivity index (χ0n) is 8.95. The predicted octanol–water partition coefficient (Wildman–Crippen LogP) is 1.91. The summed E-state index contributed by atoms with van der Waals surface area (Å²) in [5.41, 5.74) is 2.48. The minimum Gasteiger partial charge on any atom is -0.465 e. The van der Waals surface area contributed by atoms with Gasteiger partial charge in [-0.05, 0) is 30.5 Å². The highest BCUT2D eigenvalue weighted by molar-refractivity contribution is 5.91. The average Bonchev–Trinajstić information content (AvgIpc) is 2.27. The number of carbonyl (C=O) groups excluding carboxylic acids is 2. The van der Waals surface area contributed by atoms with Crippen LogP contribution in [0.3, 0.4) is 0 Å². The van der Waals surface area contributed by atoms with Gasteiger partial charge in [-0.15, -0.1) is 0 Å². The molecule has 0 bridgehead atoms. The van der Waals surface area contributed by atoms with Gasteiger partial charge in [0.05, 0.1) is 12.7 Å². The number of benzene rings is 1. The average molecular weight is 206 g/mol. The van der Waals surface area contributed by atoms with Crippen molar-refractivity contribution >= 4 is 12.3 Å². The Morgan fingerprint density at radius 3 is 2.80 bits per heavy atom. The molecule has 0 heterocycles. The van der Waals surface area contributed by atoms with Crippen LogP contribution < -0.4 is 0 Å². The van der Waals surface area contributed by atoms with Crippen molar-refractivity contribution in [2.45, 2.75) is 19.8 Å². The molecule has 15 heavy (non-hydrogen) atoms. The lowest BCUT2D eigenvalue weighted by molar-refractivity contribution is -0.107. The highest BCUT2D eigenvalue weighted by Crippen LogP contribution is 2.15. The van der Waals surface area contributed by atoms with Crippen molar-refractivity contribution in [3.8, 4) is 0 Å². The van der Waals surface area contributed by atoms with Crippen LogP contribution in [0, 0.1) is 6.92 Å². The Hall–Kier alpha value is -1.64. The summed E-state index contributed by atoms with van der Waals surface area (Å²) < 4.78 is 4.67. The standard InChI is InChI=1S/C12H14O3/c1-9-10(6-4-8-13)5-3-7-11(9)12(14)15-2/h3,5,7-8H,4,6H2,1-2H3. The Labute approximate surface area is 89.1 Å². The number of esters is 1. The maximum Gasteiger partial charge on any atom is 0.338 e. The van der Waals surface area contributed by atoms with Crippen LogP contribution in [0.25, 0.3) is 0 Å². The highest BCUT2D eigenvalue weighted by atomic mass is 16.5. The third kappa shape index (κ3) is 2.65. The van der Waals surface area contributed by atoms with E-state index in [1.165, 1.54) is 7.11 Å². The van der Waals surface area contributed by atoms with Crippen molar-refractivity contribution in [3.63, 3.8) is 0 Å². The van der Waals surface area contributed by atoms with Crippen LogP contribution >= 0.6 is 0 Å². The minimum absolute atomic E-state index is 0.333. The molecule has 0 N–H and O–H groups in total. The van der Waals surface area contributed by atoms with Gasteiger partial charge in [0.15, 0.2) is 0 Å². The monoisotopic (exact) mass is 206 g/mol. The molecule has 3 heteroatoms. The van der Waals surface area contributed by atoms with Gasteiger partial charge in [0.2, 0.25) is 0 Å². The highest BCUT2D eigenvalue weighted by Gasteiger charge is 2.10. The summed E-state index contributed by atoms with van der Waals surface area (Å²) >= 11 is 0. The topological polar surface area (TPSA) is 43.4 Å². The molecule has 3 nitrogen and oxygen atoms in total. The van der Waals surface area contributed by atoms with Crippen molar-refractivity contribution in [2.24, 2.45) is 0 Å². The van der Waals surface area contributed by atoms with Gasteiger partial charge in [-0.1, -0.05) is 12.1 Å². The first-order valence-electron chi connectivity index (χ1n) is 4.81. The lowest BCUT2D eigenvalue weighted by atomic mass is 9.99. The molecule has 0 aliphatic rings. The number of rotatable bonds is 4. The SMILES string of the molecule is COC(=O)c1cccc(CCC=O)c1C. The van der Waals surface area contributed by atoms with Gasteiger partial charge >= 0.3 is 5.97 Å². The normalized spacial score (nSPS) is 9.73. The molecule has 0 saturated carbocycles. The quantitative estimate of drug-likeness (QED) is 0.558. The molecule has 80 valence electrons. The smallest absolute Gasteiger partial charge is 0.338 e. The van der Waals surface area contributed by atoms with Crippen LogP contribution in [-0.2, 0) is 16.0 Å². The number of ether oxygens (including phenoxy) is 1.